The molecule has 2 aromatic carbocycles. The van der Waals surface area contributed by atoms with Gasteiger partial charge in [0, 0.05) is 23.9 Å². The van der Waals surface area contributed by atoms with Gasteiger partial charge in [-0.05, 0) is 23.8 Å². The molecule has 1 amide bonds. The first kappa shape index (κ1) is 13.2. The minimum Gasteiger partial charge on any atom is -0.508 e. The van der Waals surface area contributed by atoms with Crippen LogP contribution in [-0.4, -0.2) is 28.6 Å². The molecule has 0 aliphatic carbocycles. The molecule has 0 spiro atoms. The topological polar surface area (TPSA) is 77.8 Å². The number of hydrogen-bond acceptors (Lipinski definition) is 3. The van der Waals surface area contributed by atoms with Crippen molar-refractivity contribution < 1.29 is 19.8 Å². The average molecular weight is 283 g/mol. The van der Waals surface area contributed by atoms with E-state index in [0.717, 1.165) is 0 Å². The predicted molar refractivity (Wildman–Crippen MR) is 76.6 cm³/mol. The maximum Gasteiger partial charge on any atom is 0.312 e. The Morgan fingerprint density at radius 3 is 2.62 bits per heavy atom. The van der Waals surface area contributed by atoms with Crippen molar-refractivity contribution in [1.82, 2.24) is 0 Å². The van der Waals surface area contributed by atoms with Crippen molar-refractivity contribution in [2.75, 3.05) is 11.4 Å². The van der Waals surface area contributed by atoms with Crippen LogP contribution >= 0.6 is 0 Å². The molecule has 0 saturated heterocycles. The summed E-state index contributed by atoms with van der Waals surface area (Å²) in [7, 11) is 0. The largest absolute Gasteiger partial charge is 0.508 e. The van der Waals surface area contributed by atoms with E-state index in [2.05, 4.69) is 0 Å². The Labute approximate surface area is 121 Å². The van der Waals surface area contributed by atoms with Crippen LogP contribution in [-0.2, 0) is 4.79 Å². The summed E-state index contributed by atoms with van der Waals surface area (Å²) in [6.45, 7) is 0.0502. The first-order valence-electron chi connectivity index (χ1n) is 6.50. The maximum absolute atomic E-state index is 12.5. The molecule has 1 heterocycles. The number of amides is 1. The number of nitrogens with zero attached hydrogens (tertiary/aromatic N) is 1. The van der Waals surface area contributed by atoms with Gasteiger partial charge in [0.05, 0.1) is 0 Å². The van der Waals surface area contributed by atoms with E-state index in [4.69, 9.17) is 0 Å². The van der Waals surface area contributed by atoms with E-state index in [9.17, 15) is 19.8 Å². The Hall–Kier alpha value is -2.82. The van der Waals surface area contributed by atoms with Crippen LogP contribution in [0.25, 0.3) is 0 Å². The van der Waals surface area contributed by atoms with E-state index < -0.39 is 11.9 Å². The molecular formula is C16H13NO4. The molecule has 1 unspecified atom stereocenters. The SMILES string of the molecule is O=C(O)C1CN(c2cccc(O)c2)C(=O)c2ccccc21. The Morgan fingerprint density at radius 1 is 1.14 bits per heavy atom. The summed E-state index contributed by atoms with van der Waals surface area (Å²) in [5, 5.41) is 18.9. The number of aliphatic carboxylic acids is 1. The van der Waals surface area contributed by atoms with Crippen LogP contribution in [0.4, 0.5) is 5.69 Å². The molecule has 2 aromatic rings. The number of hydrogen-bond donors (Lipinski definition) is 2. The zero-order valence-corrected chi connectivity index (χ0v) is 11.1. The molecule has 5 nitrogen and oxygen atoms in total. The van der Waals surface area contributed by atoms with Gasteiger partial charge in [0.2, 0.25) is 0 Å². The quantitative estimate of drug-likeness (QED) is 0.886. The van der Waals surface area contributed by atoms with Gasteiger partial charge in [-0.1, -0.05) is 24.3 Å². The summed E-state index contributed by atoms with van der Waals surface area (Å²) in [6.07, 6.45) is 0. The molecule has 0 fully saturated rings. The molecule has 106 valence electrons. The second kappa shape index (κ2) is 4.94. The number of anilines is 1. The van der Waals surface area contributed by atoms with E-state index in [1.165, 1.54) is 17.0 Å². The number of carbonyl (C=O) groups is 2. The highest BCUT2D eigenvalue weighted by Crippen LogP contribution is 2.32. The lowest BCUT2D eigenvalue weighted by molar-refractivity contribution is -0.138. The van der Waals surface area contributed by atoms with Crippen molar-refractivity contribution in [1.29, 1.82) is 0 Å². The Morgan fingerprint density at radius 2 is 1.90 bits per heavy atom. The standard InChI is InChI=1S/C16H13NO4/c18-11-5-3-4-10(8-11)17-9-14(16(20)21)12-6-1-2-7-13(12)15(17)19/h1-8,14,18H,9H2,(H,20,21). The summed E-state index contributed by atoms with van der Waals surface area (Å²) in [4.78, 5) is 25.4. The molecule has 0 radical (unpaired) electrons. The van der Waals surface area contributed by atoms with Gasteiger partial charge in [0.15, 0.2) is 0 Å². The van der Waals surface area contributed by atoms with Crippen LogP contribution in [0.15, 0.2) is 48.5 Å². The van der Waals surface area contributed by atoms with Gasteiger partial charge in [-0.25, -0.2) is 0 Å². The summed E-state index contributed by atoms with van der Waals surface area (Å²) in [6, 6.07) is 13.0. The minimum absolute atomic E-state index is 0.0334. The van der Waals surface area contributed by atoms with Crippen LogP contribution in [0.5, 0.6) is 5.75 Å². The number of phenols is 1. The van der Waals surface area contributed by atoms with Gasteiger partial charge in [0.1, 0.15) is 11.7 Å². The van der Waals surface area contributed by atoms with Crippen molar-refractivity contribution in [3.63, 3.8) is 0 Å². The molecular weight excluding hydrogens is 270 g/mol. The number of phenolic OH excluding ortho intramolecular Hbond substituents is 1. The molecule has 21 heavy (non-hydrogen) atoms. The third-order valence-corrected chi connectivity index (χ3v) is 3.62. The van der Waals surface area contributed by atoms with Gasteiger partial charge < -0.3 is 15.1 Å². The lowest BCUT2D eigenvalue weighted by Gasteiger charge is -2.32. The van der Waals surface area contributed by atoms with Crippen LogP contribution < -0.4 is 4.90 Å². The second-order valence-electron chi connectivity index (χ2n) is 4.91. The number of carbonyl (C=O) groups excluding carboxylic acids is 1. The van der Waals surface area contributed by atoms with Crippen molar-refractivity contribution in [3.8, 4) is 5.75 Å². The van der Waals surface area contributed by atoms with Crippen LogP contribution in [0, 0.1) is 0 Å². The van der Waals surface area contributed by atoms with E-state index in [0.29, 0.717) is 16.8 Å². The fraction of sp³-hybridized carbons (Fsp3) is 0.125. The first-order chi connectivity index (χ1) is 10.1. The fourth-order valence-electron chi connectivity index (χ4n) is 2.60. The van der Waals surface area contributed by atoms with Gasteiger partial charge in [0.25, 0.3) is 5.91 Å². The van der Waals surface area contributed by atoms with Gasteiger partial charge in [-0.15, -0.1) is 0 Å². The second-order valence-corrected chi connectivity index (χ2v) is 4.91. The molecule has 1 aliphatic rings. The summed E-state index contributed by atoms with van der Waals surface area (Å²) < 4.78 is 0. The molecule has 1 aliphatic heterocycles. The lowest BCUT2D eigenvalue weighted by atomic mass is 9.89. The van der Waals surface area contributed by atoms with Crippen LogP contribution in [0.1, 0.15) is 21.8 Å². The third kappa shape index (κ3) is 2.23. The number of aromatic hydroxyl groups is 1. The van der Waals surface area contributed by atoms with Gasteiger partial charge in [-0.2, -0.15) is 0 Å². The molecule has 0 saturated carbocycles. The summed E-state index contributed by atoms with van der Waals surface area (Å²) >= 11 is 0. The summed E-state index contributed by atoms with van der Waals surface area (Å²) in [5.41, 5.74) is 1.41. The smallest absolute Gasteiger partial charge is 0.312 e. The molecule has 0 bridgehead atoms. The lowest BCUT2D eigenvalue weighted by Crippen LogP contribution is -2.42. The van der Waals surface area contributed by atoms with E-state index in [1.807, 2.05) is 0 Å². The highest BCUT2D eigenvalue weighted by molar-refractivity contribution is 6.10. The minimum atomic E-state index is -0.972. The predicted octanol–water partition coefficient (Wildman–Crippen LogP) is 2.22. The molecule has 3 rings (SSSR count). The third-order valence-electron chi connectivity index (χ3n) is 3.62. The molecule has 0 aromatic heterocycles. The van der Waals surface area contributed by atoms with E-state index in [1.54, 1.807) is 36.4 Å². The number of carboxylic acids is 1. The van der Waals surface area contributed by atoms with Crippen molar-refractivity contribution in [2.24, 2.45) is 0 Å². The molecule has 5 heteroatoms. The fourth-order valence-corrected chi connectivity index (χ4v) is 2.60. The number of rotatable bonds is 2. The first-order valence-corrected chi connectivity index (χ1v) is 6.50. The number of carboxylic acid groups (broad SMARTS) is 1. The Balaban J connectivity index is 2.10. The Kier molecular flexibility index (Phi) is 3.10. The summed E-state index contributed by atoms with van der Waals surface area (Å²) in [5.74, 6) is -1.97. The normalized spacial score (nSPS) is 17.4. The highest BCUT2D eigenvalue weighted by Gasteiger charge is 2.35. The van der Waals surface area contributed by atoms with Crippen molar-refractivity contribution in [2.45, 2.75) is 5.92 Å². The van der Waals surface area contributed by atoms with Crippen molar-refractivity contribution in [3.05, 3.63) is 59.7 Å². The molecule has 2 N–H and O–H groups in total. The maximum atomic E-state index is 12.5. The van der Waals surface area contributed by atoms with Gasteiger partial charge >= 0.3 is 5.97 Å². The number of fused-ring (bicyclic) bond motifs is 1. The average Bonchev–Trinajstić information content (AvgIpc) is 2.47. The molecule has 1 atom stereocenters. The van der Waals surface area contributed by atoms with E-state index in [-0.39, 0.29) is 18.2 Å². The van der Waals surface area contributed by atoms with E-state index >= 15 is 0 Å². The Bertz CT molecular complexity index is 726. The van der Waals surface area contributed by atoms with Crippen LogP contribution in [0.3, 0.4) is 0 Å². The number of benzene rings is 2. The monoisotopic (exact) mass is 283 g/mol. The highest BCUT2D eigenvalue weighted by atomic mass is 16.4. The zero-order chi connectivity index (χ0) is 15.0. The van der Waals surface area contributed by atoms with Crippen molar-refractivity contribution >= 4 is 17.6 Å². The zero-order valence-electron chi connectivity index (χ0n) is 11.1. The van der Waals surface area contributed by atoms with Gasteiger partial charge in [-0.3, -0.25) is 9.59 Å². The van der Waals surface area contributed by atoms with Crippen LogP contribution in [0.2, 0.25) is 0 Å².